The molecule has 0 bridgehead atoms. The summed E-state index contributed by atoms with van der Waals surface area (Å²) >= 11 is 0. The molecule has 25 heavy (non-hydrogen) atoms. The Balaban J connectivity index is 1.59. The van der Waals surface area contributed by atoms with E-state index in [0.29, 0.717) is 18.4 Å². The molecule has 0 radical (unpaired) electrons. The van der Waals surface area contributed by atoms with Crippen LogP contribution in [0.2, 0.25) is 0 Å². The van der Waals surface area contributed by atoms with Crippen LogP contribution in [0.5, 0.6) is 0 Å². The van der Waals surface area contributed by atoms with Crippen molar-refractivity contribution in [3.63, 3.8) is 0 Å². The van der Waals surface area contributed by atoms with Crippen molar-refractivity contribution in [3.05, 3.63) is 34.9 Å². The van der Waals surface area contributed by atoms with Gasteiger partial charge < -0.3 is 9.64 Å². The number of hydrogen-bond acceptors (Lipinski definition) is 3. The van der Waals surface area contributed by atoms with Crippen LogP contribution >= 0.6 is 0 Å². The molecule has 0 aliphatic carbocycles. The molecule has 2 heterocycles. The van der Waals surface area contributed by atoms with Crippen LogP contribution in [0.25, 0.3) is 0 Å². The fourth-order valence-electron chi connectivity index (χ4n) is 3.95. The summed E-state index contributed by atoms with van der Waals surface area (Å²) in [5.74, 6) is 0.321. The van der Waals surface area contributed by atoms with Crippen LogP contribution in [0.3, 0.4) is 0 Å². The van der Waals surface area contributed by atoms with Crippen LogP contribution in [0.15, 0.2) is 18.2 Å². The third kappa shape index (κ3) is 4.62. The summed E-state index contributed by atoms with van der Waals surface area (Å²) in [6, 6.07) is 6.94. The van der Waals surface area contributed by atoms with Gasteiger partial charge in [-0.3, -0.25) is 9.69 Å². The molecule has 0 unspecified atom stereocenters. The summed E-state index contributed by atoms with van der Waals surface area (Å²) in [4.78, 5) is 16.9. The zero-order valence-electron chi connectivity index (χ0n) is 16.0. The average Bonchev–Trinajstić information content (AvgIpc) is 2.63. The molecule has 4 nitrogen and oxygen atoms in total. The molecule has 4 heteroatoms. The van der Waals surface area contributed by atoms with E-state index in [9.17, 15) is 4.79 Å². The number of ether oxygens (including phenoxy) is 1. The number of piperidine rings is 1. The first-order chi connectivity index (χ1) is 12.0. The normalized spacial score (nSPS) is 25.2. The van der Waals surface area contributed by atoms with Crippen LogP contribution < -0.4 is 0 Å². The first-order valence-electron chi connectivity index (χ1n) is 9.75. The number of benzene rings is 1. The van der Waals surface area contributed by atoms with Gasteiger partial charge in [0.15, 0.2) is 0 Å². The van der Waals surface area contributed by atoms with E-state index in [4.69, 9.17) is 4.74 Å². The summed E-state index contributed by atoms with van der Waals surface area (Å²) in [6.45, 7) is 10.8. The van der Waals surface area contributed by atoms with Gasteiger partial charge in [-0.15, -0.1) is 0 Å². The van der Waals surface area contributed by atoms with Crippen LogP contribution in [0.4, 0.5) is 0 Å². The number of aryl methyl sites for hydroxylation is 2. The lowest BCUT2D eigenvalue weighted by Crippen LogP contribution is -2.47. The van der Waals surface area contributed by atoms with Gasteiger partial charge in [0.05, 0.1) is 12.7 Å². The predicted octanol–water partition coefficient (Wildman–Crippen LogP) is 3.47. The molecular weight excluding hydrogens is 312 g/mol. The fraction of sp³-hybridized carbons (Fsp3) is 0.667. The van der Waals surface area contributed by atoms with Gasteiger partial charge in [0.1, 0.15) is 0 Å². The third-order valence-electron chi connectivity index (χ3n) is 5.67. The Labute approximate surface area is 152 Å². The lowest BCUT2D eigenvalue weighted by molar-refractivity contribution is -0.133. The molecule has 3 rings (SSSR count). The van der Waals surface area contributed by atoms with Crippen molar-refractivity contribution in [2.45, 2.75) is 58.6 Å². The maximum absolute atomic E-state index is 12.5. The standard InChI is InChI=1S/C21H32N2O2/c1-16-7-8-17(2)19(13-16)20-14-23(18(3)15-25-20)12-9-21(24)22-10-5-4-6-11-22/h7-8,13,18,20H,4-6,9-12,14-15H2,1-3H3/t18-,20-/m0/s1. The molecule has 2 aliphatic heterocycles. The average molecular weight is 344 g/mol. The Morgan fingerprint density at radius 3 is 2.72 bits per heavy atom. The van der Waals surface area contributed by atoms with Gasteiger partial charge in [-0.05, 0) is 51.2 Å². The number of likely N-dealkylation sites (tertiary alicyclic amines) is 1. The number of rotatable bonds is 4. The minimum absolute atomic E-state index is 0.112. The highest BCUT2D eigenvalue weighted by atomic mass is 16.5. The first-order valence-corrected chi connectivity index (χ1v) is 9.75. The van der Waals surface area contributed by atoms with Gasteiger partial charge >= 0.3 is 0 Å². The highest BCUT2D eigenvalue weighted by Crippen LogP contribution is 2.28. The number of carbonyl (C=O) groups is 1. The third-order valence-corrected chi connectivity index (χ3v) is 5.67. The van der Waals surface area contributed by atoms with E-state index in [1.807, 2.05) is 0 Å². The van der Waals surface area contributed by atoms with Gasteiger partial charge in [0, 0.05) is 38.6 Å². The molecule has 0 saturated carbocycles. The summed E-state index contributed by atoms with van der Waals surface area (Å²) < 4.78 is 6.13. The van der Waals surface area contributed by atoms with E-state index in [0.717, 1.165) is 45.6 Å². The van der Waals surface area contributed by atoms with Crippen LogP contribution in [0.1, 0.15) is 55.4 Å². The molecule has 0 spiro atoms. The zero-order valence-corrected chi connectivity index (χ0v) is 16.0. The molecule has 1 aromatic carbocycles. The number of amides is 1. The molecule has 1 amide bonds. The van der Waals surface area contributed by atoms with Gasteiger partial charge in [0.2, 0.25) is 5.91 Å². The number of morpholine rings is 1. The quantitative estimate of drug-likeness (QED) is 0.838. The molecule has 138 valence electrons. The maximum atomic E-state index is 12.5. The van der Waals surface area contributed by atoms with Crippen molar-refractivity contribution in [3.8, 4) is 0 Å². The molecule has 2 fully saturated rings. The van der Waals surface area contributed by atoms with Crippen molar-refractivity contribution in [1.82, 2.24) is 9.80 Å². The predicted molar refractivity (Wildman–Crippen MR) is 101 cm³/mol. The second kappa shape index (κ2) is 8.33. The monoisotopic (exact) mass is 344 g/mol. The Kier molecular flexibility index (Phi) is 6.13. The molecule has 2 aliphatic rings. The number of hydrogen-bond donors (Lipinski definition) is 0. The maximum Gasteiger partial charge on any atom is 0.223 e. The molecule has 1 aromatic rings. The van der Waals surface area contributed by atoms with Crippen LogP contribution in [-0.4, -0.2) is 54.5 Å². The number of nitrogens with zero attached hydrogens (tertiary/aromatic N) is 2. The minimum Gasteiger partial charge on any atom is -0.371 e. The van der Waals surface area contributed by atoms with Gasteiger partial charge in [0.25, 0.3) is 0 Å². The SMILES string of the molecule is Cc1ccc(C)c([C@@H]2CN(CCC(=O)N3CCCCC3)[C@@H](C)CO2)c1. The Morgan fingerprint density at radius 2 is 1.96 bits per heavy atom. The van der Waals surface area contributed by atoms with Crippen molar-refractivity contribution in [2.75, 3.05) is 32.8 Å². The van der Waals surface area contributed by atoms with Crippen molar-refractivity contribution >= 4 is 5.91 Å². The highest BCUT2D eigenvalue weighted by Gasteiger charge is 2.28. The smallest absolute Gasteiger partial charge is 0.223 e. The van der Waals surface area contributed by atoms with Gasteiger partial charge in [-0.1, -0.05) is 23.8 Å². The van der Waals surface area contributed by atoms with E-state index in [1.165, 1.54) is 23.1 Å². The molecule has 0 N–H and O–H groups in total. The van der Waals surface area contributed by atoms with E-state index >= 15 is 0 Å². The summed E-state index contributed by atoms with van der Waals surface area (Å²) in [5, 5.41) is 0. The van der Waals surface area contributed by atoms with E-state index < -0.39 is 0 Å². The lowest BCUT2D eigenvalue weighted by Gasteiger charge is -2.39. The second-order valence-electron chi connectivity index (χ2n) is 7.72. The first kappa shape index (κ1) is 18.4. The van der Waals surface area contributed by atoms with Crippen molar-refractivity contribution in [2.24, 2.45) is 0 Å². The fourth-order valence-corrected chi connectivity index (χ4v) is 3.95. The van der Waals surface area contributed by atoms with Gasteiger partial charge in [-0.25, -0.2) is 0 Å². The van der Waals surface area contributed by atoms with Crippen molar-refractivity contribution < 1.29 is 9.53 Å². The Morgan fingerprint density at radius 1 is 1.20 bits per heavy atom. The van der Waals surface area contributed by atoms with E-state index in [2.05, 4.69) is 48.8 Å². The van der Waals surface area contributed by atoms with E-state index in [1.54, 1.807) is 0 Å². The largest absolute Gasteiger partial charge is 0.371 e. The second-order valence-corrected chi connectivity index (χ2v) is 7.72. The lowest BCUT2D eigenvalue weighted by atomic mass is 9.98. The van der Waals surface area contributed by atoms with Crippen LogP contribution in [-0.2, 0) is 9.53 Å². The minimum atomic E-state index is 0.112. The summed E-state index contributed by atoms with van der Waals surface area (Å²) in [5.41, 5.74) is 3.85. The molecular formula is C21H32N2O2. The zero-order chi connectivity index (χ0) is 17.8. The van der Waals surface area contributed by atoms with Gasteiger partial charge in [-0.2, -0.15) is 0 Å². The van der Waals surface area contributed by atoms with Crippen LogP contribution in [0, 0.1) is 13.8 Å². The summed E-state index contributed by atoms with van der Waals surface area (Å²) in [6.07, 6.45) is 4.33. The van der Waals surface area contributed by atoms with Crippen molar-refractivity contribution in [1.29, 1.82) is 0 Å². The summed E-state index contributed by atoms with van der Waals surface area (Å²) in [7, 11) is 0. The van der Waals surface area contributed by atoms with E-state index in [-0.39, 0.29) is 6.10 Å². The Bertz CT molecular complexity index is 596. The molecule has 2 atom stereocenters. The Hall–Kier alpha value is -1.39. The topological polar surface area (TPSA) is 32.8 Å². The number of carbonyl (C=O) groups excluding carboxylic acids is 1. The highest BCUT2D eigenvalue weighted by molar-refractivity contribution is 5.76. The molecule has 2 saturated heterocycles. The molecule has 0 aromatic heterocycles.